The lowest BCUT2D eigenvalue weighted by Crippen LogP contribution is -2.41. The highest BCUT2D eigenvalue weighted by Crippen LogP contribution is 2.24. The van der Waals surface area contributed by atoms with Crippen LogP contribution in [0.2, 0.25) is 0 Å². The summed E-state index contributed by atoms with van der Waals surface area (Å²) < 4.78 is 0.953. The fraction of sp³-hybridized carbons (Fsp3) is 0.300. The molecule has 28 heavy (non-hydrogen) atoms. The molecule has 0 aliphatic heterocycles. The van der Waals surface area contributed by atoms with Crippen LogP contribution in [-0.4, -0.2) is 16.0 Å². The van der Waals surface area contributed by atoms with Gasteiger partial charge < -0.3 is 0 Å². The van der Waals surface area contributed by atoms with Crippen LogP contribution < -0.4 is 11.3 Å². The molecule has 0 amide bonds. The predicted molar refractivity (Wildman–Crippen MR) is 125 cm³/mol. The molecule has 0 radical (unpaired) electrons. The van der Waals surface area contributed by atoms with Crippen molar-refractivity contribution in [1.29, 1.82) is 0 Å². The highest BCUT2D eigenvalue weighted by molar-refractivity contribution is 9.10. The Morgan fingerprint density at radius 3 is 1.75 bits per heavy atom. The predicted octanol–water partition coefficient (Wildman–Crippen LogP) is 6.18. The van der Waals surface area contributed by atoms with E-state index in [-0.39, 0.29) is 17.9 Å². The second-order valence-corrected chi connectivity index (χ2v) is 8.16. The number of halogens is 4. The molecule has 3 N–H and O–H groups in total. The first kappa shape index (κ1) is 29.3. The van der Waals surface area contributed by atoms with Gasteiger partial charge in [0.2, 0.25) is 0 Å². The number of nitrogens with one attached hydrogen (secondary N) is 1. The SMILES string of the molecule is CC(C)(C)NN.Cc1ccc(C(=O)Cl)c(C)c1Br.Cl.O=C(Cl)c1ccccc1. The maximum atomic E-state index is 10.9. The molecule has 2 aromatic rings. The summed E-state index contributed by atoms with van der Waals surface area (Å²) in [5.74, 6) is 5.06. The fourth-order valence-electron chi connectivity index (χ4n) is 1.60. The Balaban J connectivity index is 0. The van der Waals surface area contributed by atoms with Gasteiger partial charge in [-0.1, -0.05) is 52.3 Å². The third-order valence-corrected chi connectivity index (χ3v) is 4.87. The molecule has 0 aromatic heterocycles. The van der Waals surface area contributed by atoms with E-state index in [1.54, 1.807) is 30.3 Å². The van der Waals surface area contributed by atoms with E-state index in [1.165, 1.54) is 0 Å². The van der Waals surface area contributed by atoms with Crippen LogP contribution in [0.15, 0.2) is 46.9 Å². The van der Waals surface area contributed by atoms with Gasteiger partial charge >= 0.3 is 0 Å². The van der Waals surface area contributed by atoms with Gasteiger partial charge in [-0.3, -0.25) is 20.9 Å². The standard InChI is InChI=1S/C9H8BrClO.C7H5ClO.C4H12N2.ClH/c1-5-3-4-7(9(11)12)6(2)8(5)10;8-7(9)6-4-2-1-3-5-6;1-4(2,3)6-5;/h3-4H,1-2H3;1-5H;6H,5H2,1-3H3;1H. The number of aryl methyl sites for hydroxylation is 1. The molecular formula is C20H26BrCl3N2O2. The number of carbonyl (C=O) groups excluding carboxylic acids is 2. The smallest absolute Gasteiger partial charge is 0.252 e. The van der Waals surface area contributed by atoms with E-state index >= 15 is 0 Å². The summed E-state index contributed by atoms with van der Waals surface area (Å²) >= 11 is 13.9. The van der Waals surface area contributed by atoms with Crippen molar-refractivity contribution < 1.29 is 9.59 Å². The normalized spacial score (nSPS) is 9.75. The molecular weight excluding hydrogens is 486 g/mol. The molecule has 0 spiro atoms. The molecule has 156 valence electrons. The molecule has 0 aliphatic rings. The van der Waals surface area contributed by atoms with Crippen LogP contribution in [-0.2, 0) is 0 Å². The lowest BCUT2D eigenvalue weighted by atomic mass is 10.1. The minimum atomic E-state index is -0.409. The summed E-state index contributed by atoms with van der Waals surface area (Å²) in [6.07, 6.45) is 0. The van der Waals surface area contributed by atoms with Crippen LogP contribution in [0.5, 0.6) is 0 Å². The second kappa shape index (κ2) is 14.1. The number of benzene rings is 2. The Bertz CT molecular complexity index is 764. The minimum Gasteiger partial charge on any atom is -0.276 e. The molecule has 0 saturated carbocycles. The number of hydrogen-bond acceptors (Lipinski definition) is 4. The van der Waals surface area contributed by atoms with Crippen molar-refractivity contribution in [2.75, 3.05) is 0 Å². The zero-order valence-electron chi connectivity index (χ0n) is 16.5. The number of hydrazine groups is 1. The molecule has 0 fully saturated rings. The van der Waals surface area contributed by atoms with Gasteiger partial charge in [0.05, 0.1) is 0 Å². The van der Waals surface area contributed by atoms with Crippen LogP contribution in [0.1, 0.15) is 52.6 Å². The summed E-state index contributed by atoms with van der Waals surface area (Å²) in [5.41, 5.74) is 5.78. The van der Waals surface area contributed by atoms with Crippen molar-refractivity contribution >= 4 is 62.0 Å². The Morgan fingerprint density at radius 1 is 0.964 bits per heavy atom. The first-order valence-electron chi connectivity index (χ1n) is 8.09. The van der Waals surface area contributed by atoms with Gasteiger partial charge in [-0.25, -0.2) is 0 Å². The molecule has 0 saturated heterocycles. The van der Waals surface area contributed by atoms with Gasteiger partial charge in [0.1, 0.15) is 0 Å². The number of hydrogen-bond donors (Lipinski definition) is 2. The van der Waals surface area contributed by atoms with Gasteiger partial charge in [0, 0.05) is 21.1 Å². The molecule has 4 nitrogen and oxygen atoms in total. The van der Waals surface area contributed by atoms with Gasteiger partial charge in [0.25, 0.3) is 10.5 Å². The summed E-state index contributed by atoms with van der Waals surface area (Å²) in [4.78, 5) is 21.3. The monoisotopic (exact) mass is 510 g/mol. The van der Waals surface area contributed by atoms with E-state index in [0.29, 0.717) is 11.1 Å². The largest absolute Gasteiger partial charge is 0.276 e. The summed E-state index contributed by atoms with van der Waals surface area (Å²) in [5, 5.41) is -0.816. The topological polar surface area (TPSA) is 72.2 Å². The first-order valence-corrected chi connectivity index (χ1v) is 9.63. The van der Waals surface area contributed by atoms with E-state index in [9.17, 15) is 9.59 Å². The maximum absolute atomic E-state index is 10.9. The van der Waals surface area contributed by atoms with Gasteiger partial charge in [-0.15, -0.1) is 12.4 Å². The van der Waals surface area contributed by atoms with E-state index in [2.05, 4.69) is 21.4 Å². The molecule has 0 atom stereocenters. The van der Waals surface area contributed by atoms with Gasteiger partial charge in [-0.2, -0.15) is 0 Å². The van der Waals surface area contributed by atoms with Crippen molar-refractivity contribution in [3.05, 3.63) is 69.2 Å². The average Bonchev–Trinajstić information content (AvgIpc) is 2.60. The molecule has 0 bridgehead atoms. The zero-order chi connectivity index (χ0) is 21.2. The van der Waals surface area contributed by atoms with Crippen molar-refractivity contribution in [2.45, 2.75) is 40.2 Å². The third-order valence-electron chi connectivity index (χ3n) is 3.22. The van der Waals surface area contributed by atoms with Crippen LogP contribution in [0.3, 0.4) is 0 Å². The van der Waals surface area contributed by atoms with Crippen molar-refractivity contribution in [2.24, 2.45) is 5.84 Å². The molecule has 0 heterocycles. The Morgan fingerprint density at radius 2 is 1.43 bits per heavy atom. The summed E-state index contributed by atoms with van der Waals surface area (Å²) in [6.45, 7) is 9.86. The highest BCUT2D eigenvalue weighted by atomic mass is 79.9. The van der Waals surface area contributed by atoms with E-state index in [0.717, 1.165) is 15.6 Å². The summed E-state index contributed by atoms with van der Waals surface area (Å²) in [6, 6.07) is 12.3. The summed E-state index contributed by atoms with van der Waals surface area (Å²) in [7, 11) is 0. The molecule has 0 aliphatic carbocycles. The Hall–Kier alpha value is -0.950. The zero-order valence-corrected chi connectivity index (χ0v) is 20.4. The highest BCUT2D eigenvalue weighted by Gasteiger charge is 2.09. The number of rotatable bonds is 2. The van der Waals surface area contributed by atoms with Gasteiger partial charge in [-0.05, 0) is 75.0 Å². The van der Waals surface area contributed by atoms with E-state index < -0.39 is 10.5 Å². The van der Waals surface area contributed by atoms with Crippen LogP contribution in [0, 0.1) is 13.8 Å². The van der Waals surface area contributed by atoms with Crippen molar-refractivity contribution in [3.63, 3.8) is 0 Å². The minimum absolute atomic E-state index is 0. The van der Waals surface area contributed by atoms with Crippen molar-refractivity contribution in [3.8, 4) is 0 Å². The lowest BCUT2D eigenvalue weighted by molar-refractivity contribution is 0.107. The molecule has 0 unspecified atom stereocenters. The Kier molecular flexibility index (Phi) is 14.7. The number of carbonyl (C=O) groups is 2. The van der Waals surface area contributed by atoms with Gasteiger partial charge in [0.15, 0.2) is 0 Å². The van der Waals surface area contributed by atoms with E-state index in [1.807, 2.05) is 46.8 Å². The second-order valence-electron chi connectivity index (χ2n) is 6.68. The number of nitrogens with two attached hydrogens (primary N) is 1. The first-order chi connectivity index (χ1) is 12.4. The molecule has 2 aromatic carbocycles. The van der Waals surface area contributed by atoms with Crippen LogP contribution in [0.25, 0.3) is 0 Å². The van der Waals surface area contributed by atoms with Crippen LogP contribution in [0.4, 0.5) is 0 Å². The van der Waals surface area contributed by atoms with Crippen molar-refractivity contribution in [1.82, 2.24) is 5.43 Å². The lowest BCUT2D eigenvalue weighted by Gasteiger charge is -2.14. The molecule has 2 rings (SSSR count). The van der Waals surface area contributed by atoms with E-state index in [4.69, 9.17) is 29.0 Å². The maximum Gasteiger partial charge on any atom is 0.252 e. The molecule has 8 heteroatoms. The third kappa shape index (κ3) is 11.8. The average molecular weight is 513 g/mol. The Labute approximate surface area is 191 Å². The quantitative estimate of drug-likeness (QED) is 0.286. The fourth-order valence-corrected chi connectivity index (χ4v) is 2.28. The van der Waals surface area contributed by atoms with Crippen LogP contribution >= 0.6 is 51.5 Å².